The smallest absolute Gasteiger partial charge is 0.321 e. The van der Waals surface area contributed by atoms with Crippen LogP contribution in [0.25, 0.3) is 0 Å². The van der Waals surface area contributed by atoms with Crippen LogP contribution in [0.1, 0.15) is 6.42 Å². The lowest BCUT2D eigenvalue weighted by atomic mass is 9.83. The van der Waals surface area contributed by atoms with Crippen LogP contribution in [-0.4, -0.2) is 11.9 Å². The van der Waals surface area contributed by atoms with Crippen molar-refractivity contribution in [3.8, 4) is 0 Å². The average molecular weight is 164 g/mol. The molecule has 1 aliphatic heterocycles. The first kappa shape index (κ1) is 7.28. The normalized spacial score (nSPS) is 33.5. The van der Waals surface area contributed by atoms with E-state index in [0.29, 0.717) is 6.42 Å². The van der Waals surface area contributed by atoms with Gasteiger partial charge in [0.25, 0.3) is 0 Å². The Balaban J connectivity index is 2.40. The Labute approximate surface area is 69.7 Å². The molecule has 1 saturated heterocycles. The van der Waals surface area contributed by atoms with Crippen molar-refractivity contribution in [2.75, 3.05) is 0 Å². The molecule has 2 atom stereocenters. The zero-order chi connectivity index (χ0) is 8.72. The monoisotopic (exact) mass is 164 g/mol. The molecule has 0 amide bonds. The van der Waals surface area contributed by atoms with E-state index >= 15 is 0 Å². The highest BCUT2D eigenvalue weighted by Gasteiger charge is 2.45. The van der Waals surface area contributed by atoms with Crippen LogP contribution in [0.3, 0.4) is 0 Å². The molecule has 0 aromatic rings. The number of hydrogen-bond donors (Lipinski definition) is 0. The zero-order valence-electron chi connectivity index (χ0n) is 6.45. The molecule has 1 fully saturated rings. The fourth-order valence-corrected chi connectivity index (χ4v) is 1.62. The summed E-state index contributed by atoms with van der Waals surface area (Å²) in [6, 6.07) is 0. The summed E-state index contributed by atoms with van der Waals surface area (Å²) in [7, 11) is 0. The maximum absolute atomic E-state index is 11.1. The molecule has 0 saturated carbocycles. The Morgan fingerprint density at radius 3 is 2.83 bits per heavy atom. The van der Waals surface area contributed by atoms with Crippen molar-refractivity contribution in [3.05, 3.63) is 24.3 Å². The lowest BCUT2D eigenvalue weighted by molar-refractivity contribution is -0.153. The average Bonchev–Trinajstić information content (AvgIpc) is 2.29. The molecule has 3 nitrogen and oxygen atoms in total. The third-order valence-corrected chi connectivity index (χ3v) is 2.25. The molecule has 0 radical (unpaired) electrons. The molecule has 2 rings (SSSR count). The van der Waals surface area contributed by atoms with E-state index in [1.54, 1.807) is 6.08 Å². The lowest BCUT2D eigenvalue weighted by Crippen LogP contribution is -2.20. The van der Waals surface area contributed by atoms with E-state index in [-0.39, 0.29) is 0 Å². The number of esters is 2. The number of allylic oxidation sites excluding steroid dienone is 1. The third-order valence-electron chi connectivity index (χ3n) is 2.25. The van der Waals surface area contributed by atoms with Gasteiger partial charge in [-0.3, -0.25) is 9.59 Å². The fraction of sp³-hybridized carbons (Fsp3) is 0.333. The molecule has 12 heavy (non-hydrogen) atoms. The summed E-state index contributed by atoms with van der Waals surface area (Å²) >= 11 is 0. The predicted octanol–water partition coefficient (Wildman–Crippen LogP) is 0.818. The first-order valence-corrected chi connectivity index (χ1v) is 3.80. The maximum atomic E-state index is 11.1. The number of carbonyl (C=O) groups is 2. The van der Waals surface area contributed by atoms with Gasteiger partial charge in [0.15, 0.2) is 0 Å². The van der Waals surface area contributed by atoms with Crippen LogP contribution >= 0.6 is 0 Å². The van der Waals surface area contributed by atoms with Gasteiger partial charge in [-0.25, -0.2) is 0 Å². The molecule has 2 aliphatic rings. The molecule has 62 valence electrons. The number of cyclic esters (lactones) is 2. The van der Waals surface area contributed by atoms with E-state index in [1.165, 1.54) is 0 Å². The van der Waals surface area contributed by atoms with Gasteiger partial charge in [0.05, 0.1) is 11.8 Å². The van der Waals surface area contributed by atoms with Gasteiger partial charge < -0.3 is 4.74 Å². The highest BCUT2D eigenvalue weighted by molar-refractivity contribution is 5.99. The van der Waals surface area contributed by atoms with Gasteiger partial charge in [-0.2, -0.15) is 0 Å². The molecule has 0 aromatic heterocycles. The molecule has 2 unspecified atom stereocenters. The van der Waals surface area contributed by atoms with Gasteiger partial charge >= 0.3 is 11.9 Å². The number of carbonyl (C=O) groups excluding carboxylic acids is 2. The van der Waals surface area contributed by atoms with Gasteiger partial charge in [0.1, 0.15) is 0 Å². The summed E-state index contributed by atoms with van der Waals surface area (Å²) in [5.41, 5.74) is 0.776. The van der Waals surface area contributed by atoms with Gasteiger partial charge in [0, 0.05) is 0 Å². The number of hydrogen-bond acceptors (Lipinski definition) is 3. The second-order valence-corrected chi connectivity index (χ2v) is 3.03. The van der Waals surface area contributed by atoms with Crippen molar-refractivity contribution in [3.63, 3.8) is 0 Å². The van der Waals surface area contributed by atoms with Crippen LogP contribution < -0.4 is 0 Å². The predicted molar refractivity (Wildman–Crippen MR) is 41.0 cm³/mol. The summed E-state index contributed by atoms with van der Waals surface area (Å²) in [5, 5.41) is 0. The zero-order valence-corrected chi connectivity index (χ0v) is 6.45. The summed E-state index contributed by atoms with van der Waals surface area (Å²) in [6.45, 7) is 3.74. The summed E-state index contributed by atoms with van der Waals surface area (Å²) in [6.07, 6.45) is 4.25. The van der Waals surface area contributed by atoms with Crippen LogP contribution in [0.5, 0.6) is 0 Å². The molecule has 0 aromatic carbocycles. The van der Waals surface area contributed by atoms with Crippen LogP contribution in [0.15, 0.2) is 24.3 Å². The van der Waals surface area contributed by atoms with Crippen LogP contribution in [0, 0.1) is 11.8 Å². The Morgan fingerprint density at radius 2 is 2.17 bits per heavy atom. The lowest BCUT2D eigenvalue weighted by Gasteiger charge is -2.15. The van der Waals surface area contributed by atoms with Gasteiger partial charge in [0.2, 0.25) is 0 Å². The van der Waals surface area contributed by atoms with E-state index < -0.39 is 23.8 Å². The number of fused-ring (bicyclic) bond motifs is 1. The maximum Gasteiger partial charge on any atom is 0.321 e. The topological polar surface area (TPSA) is 43.4 Å². The van der Waals surface area contributed by atoms with Crippen molar-refractivity contribution in [1.29, 1.82) is 0 Å². The van der Waals surface area contributed by atoms with E-state index in [1.807, 2.05) is 6.08 Å². The van der Waals surface area contributed by atoms with Gasteiger partial charge in [-0.1, -0.05) is 24.3 Å². The molecule has 1 aliphatic carbocycles. The summed E-state index contributed by atoms with van der Waals surface area (Å²) < 4.78 is 4.49. The minimum atomic E-state index is -0.445. The molecule has 1 heterocycles. The van der Waals surface area contributed by atoms with Gasteiger partial charge in [-0.15, -0.1) is 0 Å². The van der Waals surface area contributed by atoms with Gasteiger partial charge in [-0.05, 0) is 6.42 Å². The van der Waals surface area contributed by atoms with E-state index in [2.05, 4.69) is 11.3 Å². The minimum absolute atomic E-state index is 0.404. The standard InChI is InChI=1S/C9H8O3/c1-5-3-2-4-6-7(5)9(11)12-8(6)10/h2,4,6-7H,1,3H2. The van der Waals surface area contributed by atoms with Crippen LogP contribution in [0.2, 0.25) is 0 Å². The van der Waals surface area contributed by atoms with Crippen molar-refractivity contribution in [1.82, 2.24) is 0 Å². The molecular weight excluding hydrogens is 156 g/mol. The van der Waals surface area contributed by atoms with E-state index in [0.717, 1.165) is 5.57 Å². The highest BCUT2D eigenvalue weighted by atomic mass is 16.6. The first-order valence-electron chi connectivity index (χ1n) is 3.80. The molecule has 3 heteroatoms. The number of rotatable bonds is 0. The van der Waals surface area contributed by atoms with Crippen molar-refractivity contribution < 1.29 is 14.3 Å². The Hall–Kier alpha value is -1.38. The first-order chi connectivity index (χ1) is 5.70. The SMILES string of the molecule is C=C1CC=CC2C(=O)OC(=O)C12. The minimum Gasteiger partial charge on any atom is -0.392 e. The summed E-state index contributed by atoms with van der Waals surface area (Å²) in [5.74, 6) is -1.71. The molecule has 0 bridgehead atoms. The van der Waals surface area contributed by atoms with Crippen molar-refractivity contribution >= 4 is 11.9 Å². The number of ether oxygens (including phenoxy) is 1. The molecule has 0 N–H and O–H groups in total. The van der Waals surface area contributed by atoms with E-state index in [9.17, 15) is 9.59 Å². The Morgan fingerprint density at radius 1 is 1.42 bits per heavy atom. The van der Waals surface area contributed by atoms with Crippen molar-refractivity contribution in [2.45, 2.75) is 6.42 Å². The Bertz CT molecular complexity index is 293. The second-order valence-electron chi connectivity index (χ2n) is 3.03. The molecular formula is C9H8O3. The van der Waals surface area contributed by atoms with E-state index in [4.69, 9.17) is 0 Å². The third kappa shape index (κ3) is 0.826. The largest absolute Gasteiger partial charge is 0.392 e. The highest BCUT2D eigenvalue weighted by Crippen LogP contribution is 2.35. The van der Waals surface area contributed by atoms with Crippen LogP contribution in [0.4, 0.5) is 0 Å². The quantitative estimate of drug-likeness (QED) is 0.302. The summed E-state index contributed by atoms with van der Waals surface area (Å²) in [4.78, 5) is 22.1. The fourth-order valence-electron chi connectivity index (χ4n) is 1.62. The van der Waals surface area contributed by atoms with Crippen molar-refractivity contribution in [2.24, 2.45) is 11.8 Å². The molecule has 0 spiro atoms. The van der Waals surface area contributed by atoms with Crippen LogP contribution in [-0.2, 0) is 14.3 Å². The second kappa shape index (κ2) is 2.30. The Kier molecular flexibility index (Phi) is 1.40.